The fourth-order valence-corrected chi connectivity index (χ4v) is 3.15. The van der Waals surface area contributed by atoms with Gasteiger partial charge in [0, 0.05) is 16.3 Å². The van der Waals surface area contributed by atoms with Crippen LogP contribution in [0.1, 0.15) is 21.5 Å². The molecule has 0 aromatic heterocycles. The van der Waals surface area contributed by atoms with Crippen LogP contribution in [0.15, 0.2) is 36.4 Å². The molecule has 0 aliphatic heterocycles. The van der Waals surface area contributed by atoms with E-state index < -0.39 is 0 Å². The van der Waals surface area contributed by atoms with Gasteiger partial charge in [-0.1, -0.05) is 47.1 Å². The lowest BCUT2D eigenvalue weighted by molar-refractivity contribution is -0.113. The summed E-state index contributed by atoms with van der Waals surface area (Å²) in [5.74, 6) is -0.215. The molecular formula is C17H15Cl2NO2S. The average Bonchev–Trinajstić information content (AvgIpc) is 2.49. The van der Waals surface area contributed by atoms with Gasteiger partial charge in [-0.05, 0) is 49.2 Å². The third kappa shape index (κ3) is 4.74. The molecule has 0 radical (unpaired) electrons. The summed E-state index contributed by atoms with van der Waals surface area (Å²) in [4.78, 5) is 24.1. The predicted molar refractivity (Wildman–Crippen MR) is 97.8 cm³/mol. The van der Waals surface area contributed by atoms with E-state index in [0.717, 1.165) is 28.6 Å². The lowest BCUT2D eigenvalue weighted by Crippen LogP contribution is -2.16. The highest BCUT2D eigenvalue weighted by molar-refractivity contribution is 8.14. The zero-order valence-electron chi connectivity index (χ0n) is 12.7. The van der Waals surface area contributed by atoms with Gasteiger partial charge in [0.25, 0.3) is 0 Å². The average molecular weight is 368 g/mol. The second-order valence-corrected chi connectivity index (χ2v) is 6.79. The highest BCUT2D eigenvalue weighted by Gasteiger charge is 2.14. The number of carbonyl (C=O) groups is 2. The van der Waals surface area contributed by atoms with E-state index >= 15 is 0 Å². The fourth-order valence-electron chi connectivity index (χ4n) is 1.94. The van der Waals surface area contributed by atoms with Crippen LogP contribution >= 0.6 is 35.0 Å². The number of halogens is 2. The Hall–Kier alpha value is -1.49. The lowest BCUT2D eigenvalue weighted by Gasteiger charge is -2.10. The molecule has 0 aliphatic carbocycles. The SMILES string of the molecule is Cc1cccc(NC(=O)CSC(=O)c2ccc(Cl)cc2Cl)c1C. The molecule has 120 valence electrons. The van der Waals surface area contributed by atoms with Crippen LogP contribution in [0.4, 0.5) is 5.69 Å². The molecule has 0 unspecified atom stereocenters. The van der Waals surface area contributed by atoms with Crippen LogP contribution in [0.25, 0.3) is 0 Å². The first kappa shape index (κ1) is 17.9. The van der Waals surface area contributed by atoms with E-state index in [2.05, 4.69) is 5.32 Å². The van der Waals surface area contributed by atoms with Crippen molar-refractivity contribution in [2.24, 2.45) is 0 Å². The zero-order chi connectivity index (χ0) is 17.0. The van der Waals surface area contributed by atoms with Gasteiger partial charge >= 0.3 is 0 Å². The highest BCUT2D eigenvalue weighted by Crippen LogP contribution is 2.25. The Labute approximate surface area is 149 Å². The summed E-state index contributed by atoms with van der Waals surface area (Å²) in [5.41, 5.74) is 3.21. The van der Waals surface area contributed by atoms with Gasteiger partial charge < -0.3 is 5.32 Å². The van der Waals surface area contributed by atoms with Crippen molar-refractivity contribution in [1.82, 2.24) is 0 Å². The van der Waals surface area contributed by atoms with Crippen LogP contribution in [0, 0.1) is 13.8 Å². The van der Waals surface area contributed by atoms with Gasteiger partial charge in [-0.3, -0.25) is 9.59 Å². The molecule has 0 fully saturated rings. The highest BCUT2D eigenvalue weighted by atomic mass is 35.5. The molecule has 3 nitrogen and oxygen atoms in total. The molecule has 0 bridgehead atoms. The number of amides is 1. The molecule has 0 aliphatic rings. The molecule has 0 heterocycles. The number of thioether (sulfide) groups is 1. The summed E-state index contributed by atoms with van der Waals surface area (Å²) in [6, 6.07) is 10.4. The van der Waals surface area contributed by atoms with Crippen molar-refractivity contribution in [3.8, 4) is 0 Å². The molecule has 0 spiro atoms. The van der Waals surface area contributed by atoms with Crippen LogP contribution < -0.4 is 5.32 Å². The van der Waals surface area contributed by atoms with Gasteiger partial charge in [0.2, 0.25) is 11.0 Å². The van der Waals surface area contributed by atoms with Crippen molar-refractivity contribution in [1.29, 1.82) is 0 Å². The summed E-state index contributed by atoms with van der Waals surface area (Å²) < 4.78 is 0. The number of hydrogen-bond acceptors (Lipinski definition) is 3. The molecule has 23 heavy (non-hydrogen) atoms. The Morgan fingerprint density at radius 3 is 2.57 bits per heavy atom. The molecule has 2 aromatic rings. The second-order valence-electron chi connectivity index (χ2n) is 5.00. The fraction of sp³-hybridized carbons (Fsp3) is 0.176. The van der Waals surface area contributed by atoms with Crippen LogP contribution in [0.3, 0.4) is 0 Å². The number of anilines is 1. The van der Waals surface area contributed by atoms with Crippen LogP contribution in [0.2, 0.25) is 10.0 Å². The maximum absolute atomic E-state index is 12.1. The Morgan fingerprint density at radius 2 is 1.87 bits per heavy atom. The molecular weight excluding hydrogens is 353 g/mol. The lowest BCUT2D eigenvalue weighted by atomic mass is 10.1. The first-order valence-corrected chi connectivity index (χ1v) is 8.61. The number of rotatable bonds is 4. The van der Waals surface area contributed by atoms with Gasteiger partial charge in [-0.15, -0.1) is 0 Å². The third-order valence-corrected chi connectivity index (χ3v) is 4.80. The Kier molecular flexibility index (Phi) is 6.10. The summed E-state index contributed by atoms with van der Waals surface area (Å²) in [5, 5.41) is 3.30. The normalized spacial score (nSPS) is 10.4. The minimum Gasteiger partial charge on any atom is -0.325 e. The van der Waals surface area contributed by atoms with Gasteiger partial charge in [0.05, 0.1) is 10.8 Å². The Morgan fingerprint density at radius 1 is 1.13 bits per heavy atom. The van der Waals surface area contributed by atoms with E-state index in [1.54, 1.807) is 12.1 Å². The van der Waals surface area contributed by atoms with Gasteiger partial charge in [0.1, 0.15) is 0 Å². The third-order valence-electron chi connectivity index (χ3n) is 3.36. The monoisotopic (exact) mass is 367 g/mol. The molecule has 6 heteroatoms. The van der Waals surface area contributed by atoms with E-state index in [9.17, 15) is 9.59 Å². The maximum Gasteiger partial charge on any atom is 0.234 e. The molecule has 0 atom stereocenters. The Bertz CT molecular complexity index is 762. The predicted octanol–water partition coefficient (Wildman–Crippen LogP) is 5.12. The van der Waals surface area contributed by atoms with Crippen molar-refractivity contribution >= 4 is 51.7 Å². The summed E-state index contributed by atoms with van der Waals surface area (Å²) >= 11 is 12.7. The molecule has 2 aromatic carbocycles. The number of nitrogens with one attached hydrogen (secondary N) is 1. The van der Waals surface area contributed by atoms with Crippen LogP contribution in [0.5, 0.6) is 0 Å². The van der Waals surface area contributed by atoms with Gasteiger partial charge in [0.15, 0.2) is 0 Å². The van der Waals surface area contributed by atoms with Crippen molar-refractivity contribution in [2.45, 2.75) is 13.8 Å². The quantitative estimate of drug-likeness (QED) is 0.815. The number of hydrogen-bond donors (Lipinski definition) is 1. The number of benzene rings is 2. The first-order chi connectivity index (χ1) is 10.9. The van der Waals surface area contributed by atoms with Crippen LogP contribution in [-0.2, 0) is 4.79 Å². The van der Waals surface area contributed by atoms with Crippen molar-refractivity contribution < 1.29 is 9.59 Å². The summed E-state index contributed by atoms with van der Waals surface area (Å²) in [7, 11) is 0. The minimum atomic E-state index is -0.261. The van der Waals surface area contributed by atoms with E-state index in [0.29, 0.717) is 10.6 Å². The van der Waals surface area contributed by atoms with E-state index in [1.165, 1.54) is 6.07 Å². The van der Waals surface area contributed by atoms with Crippen molar-refractivity contribution in [2.75, 3.05) is 11.1 Å². The molecule has 0 saturated carbocycles. The molecule has 1 amide bonds. The maximum atomic E-state index is 12.1. The molecule has 2 rings (SSSR count). The van der Waals surface area contributed by atoms with Gasteiger partial charge in [-0.2, -0.15) is 0 Å². The minimum absolute atomic E-state index is 0.0190. The molecule has 1 N–H and O–H groups in total. The van der Waals surface area contributed by atoms with E-state index in [1.807, 2.05) is 32.0 Å². The standard InChI is InChI=1S/C17H15Cl2NO2S/c1-10-4-3-5-15(11(10)2)20-16(21)9-23-17(22)13-7-6-12(18)8-14(13)19/h3-8H,9H2,1-2H3,(H,20,21). The van der Waals surface area contributed by atoms with Crippen molar-refractivity contribution in [3.63, 3.8) is 0 Å². The largest absolute Gasteiger partial charge is 0.325 e. The molecule has 0 saturated heterocycles. The Balaban J connectivity index is 1.96. The van der Waals surface area contributed by atoms with Crippen LogP contribution in [-0.4, -0.2) is 16.8 Å². The summed E-state index contributed by atoms with van der Waals surface area (Å²) in [6.07, 6.45) is 0. The first-order valence-electron chi connectivity index (χ1n) is 6.86. The number of carbonyl (C=O) groups excluding carboxylic acids is 2. The second kappa shape index (κ2) is 7.86. The van der Waals surface area contributed by atoms with E-state index in [-0.39, 0.29) is 21.8 Å². The number of aryl methyl sites for hydroxylation is 1. The van der Waals surface area contributed by atoms with E-state index in [4.69, 9.17) is 23.2 Å². The topological polar surface area (TPSA) is 46.2 Å². The van der Waals surface area contributed by atoms with Gasteiger partial charge in [-0.25, -0.2) is 0 Å². The summed E-state index contributed by atoms with van der Waals surface area (Å²) in [6.45, 7) is 3.92. The van der Waals surface area contributed by atoms with Crippen molar-refractivity contribution in [3.05, 3.63) is 63.1 Å². The zero-order valence-corrected chi connectivity index (χ0v) is 15.0. The smallest absolute Gasteiger partial charge is 0.234 e.